The molecule has 0 aliphatic carbocycles. The van der Waals surface area contributed by atoms with Crippen molar-refractivity contribution >= 4 is 17.7 Å². The van der Waals surface area contributed by atoms with Crippen molar-refractivity contribution < 1.29 is 38.1 Å². The van der Waals surface area contributed by atoms with Crippen molar-refractivity contribution in [2.75, 3.05) is 52.9 Å². The Morgan fingerprint density at radius 3 is 1.65 bits per heavy atom. The number of Topliss-reactive ketones (excluding diaryl/α,β-unsaturated/α-hetero) is 1. The van der Waals surface area contributed by atoms with Gasteiger partial charge in [-0.1, -0.05) is 6.58 Å². The first-order valence-corrected chi connectivity index (χ1v) is 7.23. The van der Waals surface area contributed by atoms with E-state index in [1.54, 1.807) is 0 Å². The molecular formula is C15H24O8. The molecule has 0 saturated heterocycles. The standard InChI is InChI=1S/C15H24O8/c1-3-14(17)22-10-8-20-6-4-19-5-7-21-9-11-23-15(18)12-13(2)16/h3H,1,4-12H2,2H3. The minimum absolute atomic E-state index is 0.110. The summed E-state index contributed by atoms with van der Waals surface area (Å²) >= 11 is 0. The highest BCUT2D eigenvalue weighted by Crippen LogP contribution is 1.89. The summed E-state index contributed by atoms with van der Waals surface area (Å²) < 4.78 is 25.1. The van der Waals surface area contributed by atoms with Gasteiger partial charge in [0, 0.05) is 6.08 Å². The van der Waals surface area contributed by atoms with Crippen LogP contribution >= 0.6 is 0 Å². The van der Waals surface area contributed by atoms with Gasteiger partial charge in [-0.3, -0.25) is 9.59 Å². The highest BCUT2D eigenvalue weighted by molar-refractivity contribution is 5.94. The molecule has 132 valence electrons. The fourth-order valence-electron chi connectivity index (χ4n) is 1.27. The highest BCUT2D eigenvalue weighted by Gasteiger charge is 2.05. The molecule has 0 aromatic heterocycles. The van der Waals surface area contributed by atoms with Crippen molar-refractivity contribution in [1.82, 2.24) is 0 Å². The number of hydrogen-bond donors (Lipinski definition) is 0. The predicted molar refractivity (Wildman–Crippen MR) is 79.9 cm³/mol. The number of rotatable bonds is 15. The van der Waals surface area contributed by atoms with E-state index in [4.69, 9.17) is 23.7 Å². The van der Waals surface area contributed by atoms with Crippen molar-refractivity contribution in [3.63, 3.8) is 0 Å². The molecule has 0 rings (SSSR count). The molecule has 0 radical (unpaired) electrons. The molecule has 0 bridgehead atoms. The summed E-state index contributed by atoms with van der Waals surface area (Å²) in [5.74, 6) is -1.26. The van der Waals surface area contributed by atoms with Crippen LogP contribution in [-0.2, 0) is 38.1 Å². The minimum Gasteiger partial charge on any atom is -0.463 e. The van der Waals surface area contributed by atoms with Gasteiger partial charge in [0.25, 0.3) is 0 Å². The van der Waals surface area contributed by atoms with Crippen LogP contribution in [0.4, 0.5) is 0 Å². The molecule has 8 nitrogen and oxygen atoms in total. The smallest absolute Gasteiger partial charge is 0.330 e. The Morgan fingerprint density at radius 1 is 0.783 bits per heavy atom. The van der Waals surface area contributed by atoms with E-state index in [1.807, 2.05) is 0 Å². The average Bonchev–Trinajstić information content (AvgIpc) is 2.50. The van der Waals surface area contributed by atoms with E-state index < -0.39 is 11.9 Å². The predicted octanol–water partition coefficient (Wildman–Crippen LogP) is 0.288. The summed E-state index contributed by atoms with van der Waals surface area (Å²) in [6.07, 6.45) is 0.878. The lowest BCUT2D eigenvalue weighted by Crippen LogP contribution is -2.15. The van der Waals surface area contributed by atoms with Gasteiger partial charge in [-0.15, -0.1) is 0 Å². The number of carbonyl (C=O) groups excluding carboxylic acids is 3. The molecule has 0 aromatic carbocycles. The van der Waals surface area contributed by atoms with Crippen molar-refractivity contribution in [1.29, 1.82) is 0 Å². The largest absolute Gasteiger partial charge is 0.463 e. The van der Waals surface area contributed by atoms with Gasteiger partial charge >= 0.3 is 11.9 Å². The lowest BCUT2D eigenvalue weighted by Gasteiger charge is -2.07. The Kier molecular flexibility index (Phi) is 14.0. The molecule has 0 aliphatic heterocycles. The molecule has 8 heteroatoms. The summed E-state index contributed by atoms with van der Waals surface area (Å²) in [5.41, 5.74) is 0. The minimum atomic E-state index is -0.548. The Morgan fingerprint density at radius 2 is 1.22 bits per heavy atom. The molecule has 0 fully saturated rings. The fraction of sp³-hybridized carbons (Fsp3) is 0.667. The van der Waals surface area contributed by atoms with E-state index in [-0.39, 0.29) is 32.0 Å². The molecule has 0 unspecified atom stereocenters. The molecule has 0 saturated carbocycles. The number of ether oxygens (including phenoxy) is 5. The number of hydrogen-bond acceptors (Lipinski definition) is 8. The maximum Gasteiger partial charge on any atom is 0.330 e. The maximum atomic E-state index is 11.0. The van der Waals surface area contributed by atoms with E-state index in [0.29, 0.717) is 33.0 Å². The zero-order valence-corrected chi connectivity index (χ0v) is 13.4. The third-order valence-electron chi connectivity index (χ3n) is 2.27. The Bertz CT molecular complexity index is 366. The first-order chi connectivity index (χ1) is 11.1. The van der Waals surface area contributed by atoms with Gasteiger partial charge in [0.05, 0.1) is 39.6 Å². The van der Waals surface area contributed by atoms with Gasteiger partial charge in [-0.05, 0) is 6.92 Å². The lowest BCUT2D eigenvalue weighted by atomic mass is 10.3. The van der Waals surface area contributed by atoms with Crippen molar-refractivity contribution in [3.8, 4) is 0 Å². The van der Waals surface area contributed by atoms with Crippen LogP contribution in [-0.4, -0.2) is 70.6 Å². The molecule has 23 heavy (non-hydrogen) atoms. The summed E-state index contributed by atoms with van der Waals surface area (Å²) in [6.45, 7) is 6.95. The topological polar surface area (TPSA) is 97.4 Å². The van der Waals surface area contributed by atoms with Gasteiger partial charge in [0.15, 0.2) is 0 Å². The summed E-state index contributed by atoms with van der Waals surface area (Å²) in [4.78, 5) is 32.4. The number of carbonyl (C=O) groups is 3. The maximum absolute atomic E-state index is 11.0. The van der Waals surface area contributed by atoms with Crippen LogP contribution in [0.5, 0.6) is 0 Å². The quantitative estimate of drug-likeness (QED) is 0.183. The molecule has 0 spiro atoms. The van der Waals surface area contributed by atoms with E-state index in [2.05, 4.69) is 6.58 Å². The number of esters is 2. The van der Waals surface area contributed by atoms with E-state index in [1.165, 1.54) is 6.92 Å². The van der Waals surface area contributed by atoms with Crippen LogP contribution in [0.1, 0.15) is 13.3 Å². The Hall–Kier alpha value is -1.77. The first kappa shape index (κ1) is 21.2. The second-order valence-corrected chi connectivity index (χ2v) is 4.31. The third-order valence-corrected chi connectivity index (χ3v) is 2.27. The molecule has 0 atom stereocenters. The molecule has 0 aliphatic rings. The second-order valence-electron chi connectivity index (χ2n) is 4.31. The van der Waals surface area contributed by atoms with Gasteiger partial charge in [0.2, 0.25) is 0 Å². The van der Waals surface area contributed by atoms with Crippen LogP contribution in [0, 0.1) is 0 Å². The summed E-state index contributed by atoms with van der Waals surface area (Å²) in [7, 11) is 0. The number of ketones is 1. The Balaban J connectivity index is 3.16. The van der Waals surface area contributed by atoms with Gasteiger partial charge < -0.3 is 23.7 Å². The van der Waals surface area contributed by atoms with Crippen LogP contribution < -0.4 is 0 Å². The van der Waals surface area contributed by atoms with Crippen molar-refractivity contribution in [3.05, 3.63) is 12.7 Å². The van der Waals surface area contributed by atoms with Gasteiger partial charge in [0.1, 0.15) is 25.4 Å². The third kappa shape index (κ3) is 16.4. The SMILES string of the molecule is C=CC(=O)OCCOCCOCCOCCOC(=O)CC(C)=O. The van der Waals surface area contributed by atoms with Gasteiger partial charge in [-0.25, -0.2) is 4.79 Å². The first-order valence-electron chi connectivity index (χ1n) is 7.23. The normalized spacial score (nSPS) is 10.1. The monoisotopic (exact) mass is 332 g/mol. The fourth-order valence-corrected chi connectivity index (χ4v) is 1.27. The highest BCUT2D eigenvalue weighted by atomic mass is 16.6. The molecule has 0 heterocycles. The van der Waals surface area contributed by atoms with E-state index in [0.717, 1.165) is 6.08 Å². The van der Waals surface area contributed by atoms with Crippen molar-refractivity contribution in [2.24, 2.45) is 0 Å². The van der Waals surface area contributed by atoms with Crippen molar-refractivity contribution in [2.45, 2.75) is 13.3 Å². The van der Waals surface area contributed by atoms with Crippen LogP contribution in [0.2, 0.25) is 0 Å². The average molecular weight is 332 g/mol. The zero-order chi connectivity index (χ0) is 17.3. The van der Waals surface area contributed by atoms with Crippen LogP contribution in [0.3, 0.4) is 0 Å². The van der Waals surface area contributed by atoms with Crippen LogP contribution in [0.25, 0.3) is 0 Å². The summed E-state index contributed by atoms with van der Waals surface area (Å²) in [5, 5.41) is 0. The van der Waals surface area contributed by atoms with E-state index >= 15 is 0 Å². The molecule has 0 N–H and O–H groups in total. The molecular weight excluding hydrogens is 308 g/mol. The van der Waals surface area contributed by atoms with Gasteiger partial charge in [-0.2, -0.15) is 0 Å². The molecule has 0 amide bonds. The zero-order valence-electron chi connectivity index (χ0n) is 13.4. The van der Waals surface area contributed by atoms with Crippen LogP contribution in [0.15, 0.2) is 12.7 Å². The van der Waals surface area contributed by atoms with E-state index in [9.17, 15) is 14.4 Å². The second kappa shape index (κ2) is 15.1. The lowest BCUT2D eigenvalue weighted by molar-refractivity contribution is -0.147. The molecule has 0 aromatic rings. The Labute approximate surface area is 135 Å². The summed E-state index contributed by atoms with van der Waals surface area (Å²) in [6, 6.07) is 0.